The molecule has 0 aromatic carbocycles. The van der Waals surface area contributed by atoms with E-state index in [1.165, 1.54) is 64.2 Å². The van der Waals surface area contributed by atoms with E-state index in [-0.39, 0.29) is 0 Å². The Morgan fingerprint density at radius 3 is 1.66 bits per heavy atom. The Kier molecular flexibility index (Phi) is 15.9. The van der Waals surface area contributed by atoms with E-state index in [1.807, 2.05) is 0 Å². The minimum atomic E-state index is -1.58. The summed E-state index contributed by atoms with van der Waals surface area (Å²) in [4.78, 5) is 0. The van der Waals surface area contributed by atoms with Crippen molar-refractivity contribution in [1.29, 1.82) is 0 Å². The highest BCUT2D eigenvalue weighted by Crippen LogP contribution is 2.25. The molecule has 0 aromatic rings. The van der Waals surface area contributed by atoms with Crippen LogP contribution in [0, 0.1) is 0 Å². The maximum absolute atomic E-state index is 10.5. The Morgan fingerprint density at radius 1 is 0.719 bits per heavy atom. The molecule has 0 radical (unpaired) electrons. The van der Waals surface area contributed by atoms with Crippen molar-refractivity contribution < 1.29 is 35.4 Å². The lowest BCUT2D eigenvalue weighted by molar-refractivity contribution is -0.252. The van der Waals surface area contributed by atoms with Crippen LogP contribution in [0.3, 0.4) is 0 Å². The summed E-state index contributed by atoms with van der Waals surface area (Å²) < 4.78 is 5.33. The van der Waals surface area contributed by atoms with Gasteiger partial charge in [-0.25, -0.2) is 0 Å². The van der Waals surface area contributed by atoms with Crippen molar-refractivity contribution in [2.24, 2.45) is 5.73 Å². The van der Waals surface area contributed by atoms with Crippen molar-refractivity contribution in [3.05, 3.63) is 0 Å². The van der Waals surface area contributed by atoms with Crippen molar-refractivity contribution in [2.75, 3.05) is 6.61 Å². The zero-order valence-electron chi connectivity index (χ0n) is 19.9. The summed E-state index contributed by atoms with van der Waals surface area (Å²) >= 11 is 0. The lowest BCUT2D eigenvalue weighted by Crippen LogP contribution is -2.65. The van der Waals surface area contributed by atoms with E-state index in [4.69, 9.17) is 10.5 Å². The molecular formula is C24H49NO7. The molecule has 8 heteroatoms. The fraction of sp³-hybridized carbons (Fsp3) is 1.00. The van der Waals surface area contributed by atoms with Gasteiger partial charge in [0.05, 0.1) is 18.8 Å². The number of aliphatic hydroxyl groups excluding tert-OH is 6. The highest BCUT2D eigenvalue weighted by atomic mass is 16.6. The molecule has 0 saturated carbocycles. The molecule has 32 heavy (non-hydrogen) atoms. The third-order valence-corrected chi connectivity index (χ3v) is 6.71. The topological polar surface area (TPSA) is 157 Å². The van der Waals surface area contributed by atoms with Gasteiger partial charge < -0.3 is 41.1 Å². The van der Waals surface area contributed by atoms with E-state index in [1.54, 1.807) is 0 Å². The summed E-state index contributed by atoms with van der Waals surface area (Å²) in [5.41, 5.74) is 5.97. The average molecular weight is 464 g/mol. The second kappa shape index (κ2) is 17.2. The van der Waals surface area contributed by atoms with Gasteiger partial charge in [0, 0.05) is 0 Å². The molecule has 0 aromatic heterocycles. The molecule has 192 valence electrons. The van der Waals surface area contributed by atoms with E-state index >= 15 is 0 Å². The maximum Gasteiger partial charge on any atom is 0.114 e. The van der Waals surface area contributed by atoms with Gasteiger partial charge in [0.15, 0.2) is 0 Å². The Balaban J connectivity index is 2.15. The molecule has 0 aliphatic carbocycles. The van der Waals surface area contributed by atoms with E-state index in [0.29, 0.717) is 6.42 Å². The minimum absolute atomic E-state index is 0.424. The molecule has 1 aliphatic rings. The summed E-state index contributed by atoms with van der Waals surface area (Å²) in [5.74, 6) is 0. The van der Waals surface area contributed by atoms with Crippen LogP contribution in [0.2, 0.25) is 0 Å². The summed E-state index contributed by atoms with van der Waals surface area (Å²) in [6, 6.07) is -1.08. The third kappa shape index (κ3) is 10.3. The van der Waals surface area contributed by atoms with Gasteiger partial charge in [-0.3, -0.25) is 0 Å². The highest BCUT2D eigenvalue weighted by molar-refractivity contribution is 4.98. The molecule has 1 heterocycles. The number of aliphatic hydroxyl groups is 6. The Bertz CT molecular complexity index is 454. The van der Waals surface area contributed by atoms with Crippen LogP contribution in [-0.4, -0.2) is 86.0 Å². The first-order valence-corrected chi connectivity index (χ1v) is 12.8. The quantitative estimate of drug-likeness (QED) is 0.150. The van der Waals surface area contributed by atoms with Gasteiger partial charge in [-0.2, -0.15) is 0 Å². The molecule has 1 aliphatic heterocycles. The normalized spacial score (nSPS) is 29.1. The largest absolute Gasteiger partial charge is 0.394 e. The third-order valence-electron chi connectivity index (χ3n) is 6.71. The van der Waals surface area contributed by atoms with Crippen LogP contribution < -0.4 is 5.73 Å². The van der Waals surface area contributed by atoms with E-state index < -0.39 is 55.4 Å². The van der Waals surface area contributed by atoms with Crippen LogP contribution in [-0.2, 0) is 4.74 Å². The Morgan fingerprint density at radius 2 is 1.19 bits per heavy atom. The van der Waals surface area contributed by atoms with Crippen molar-refractivity contribution in [3.63, 3.8) is 0 Å². The molecular weight excluding hydrogens is 414 g/mol. The molecule has 0 spiro atoms. The molecule has 8 nitrogen and oxygen atoms in total. The zero-order chi connectivity index (χ0) is 23.9. The molecule has 0 bridgehead atoms. The number of hydrogen-bond donors (Lipinski definition) is 7. The minimum Gasteiger partial charge on any atom is -0.394 e. The monoisotopic (exact) mass is 463 g/mol. The van der Waals surface area contributed by atoms with Gasteiger partial charge in [-0.05, 0) is 6.42 Å². The molecule has 1 rings (SSSR count). The number of nitrogens with two attached hydrogens (primary N) is 1. The summed E-state index contributed by atoms with van der Waals surface area (Å²) in [7, 11) is 0. The number of rotatable bonds is 18. The van der Waals surface area contributed by atoms with Crippen LogP contribution in [0.15, 0.2) is 0 Å². The van der Waals surface area contributed by atoms with Crippen molar-refractivity contribution in [3.8, 4) is 0 Å². The van der Waals surface area contributed by atoms with Gasteiger partial charge in [0.1, 0.15) is 36.6 Å². The van der Waals surface area contributed by atoms with Crippen LogP contribution in [0.5, 0.6) is 0 Å². The Labute approximate surface area is 193 Å². The van der Waals surface area contributed by atoms with E-state index in [2.05, 4.69) is 6.92 Å². The lowest BCUT2D eigenvalue weighted by Gasteiger charge is -2.43. The van der Waals surface area contributed by atoms with E-state index in [0.717, 1.165) is 19.3 Å². The van der Waals surface area contributed by atoms with Crippen molar-refractivity contribution >= 4 is 0 Å². The number of ether oxygens (including phenoxy) is 1. The summed E-state index contributed by atoms with van der Waals surface area (Å²) in [6.07, 6.45) is 6.91. The first-order chi connectivity index (χ1) is 15.3. The summed E-state index contributed by atoms with van der Waals surface area (Å²) in [5, 5.41) is 59.9. The predicted molar refractivity (Wildman–Crippen MR) is 124 cm³/mol. The fourth-order valence-electron chi connectivity index (χ4n) is 4.42. The van der Waals surface area contributed by atoms with Gasteiger partial charge in [-0.1, -0.05) is 90.4 Å². The lowest BCUT2D eigenvalue weighted by atomic mass is 9.88. The summed E-state index contributed by atoms with van der Waals surface area (Å²) in [6.45, 7) is 1.66. The van der Waals surface area contributed by atoms with Crippen LogP contribution >= 0.6 is 0 Å². The smallest absolute Gasteiger partial charge is 0.114 e. The van der Waals surface area contributed by atoms with E-state index in [9.17, 15) is 30.6 Å². The first-order valence-electron chi connectivity index (χ1n) is 12.8. The number of unbranched alkanes of at least 4 members (excludes halogenated alkanes) is 12. The molecule has 1 fully saturated rings. The standard InChI is InChI=1S/C24H49NO7/c1-2-3-4-5-6-7-8-9-10-11-12-13-14-15-17(27)19(25)21(29)24-23(31)22(30)20(28)18(16-26)32-24/h17-24,26-31H,2-16,25H2,1H3/t17-,18-,19-,20+,21?,22+,23-,24-/m1/s1. The second-order valence-corrected chi connectivity index (χ2v) is 9.46. The second-order valence-electron chi connectivity index (χ2n) is 9.46. The SMILES string of the molecule is CCCCCCCCCCCCCCC[C@@H](O)[C@@H](N)C(O)[C@H]1O[C@H](CO)[C@H](O)[C@H](O)[C@H]1O. The molecule has 0 amide bonds. The van der Waals surface area contributed by atoms with Gasteiger partial charge in [-0.15, -0.1) is 0 Å². The average Bonchev–Trinajstić information content (AvgIpc) is 2.79. The van der Waals surface area contributed by atoms with Gasteiger partial charge in [0.25, 0.3) is 0 Å². The predicted octanol–water partition coefficient (Wildman–Crippen LogP) is 1.36. The molecule has 1 unspecified atom stereocenters. The van der Waals surface area contributed by atoms with Gasteiger partial charge >= 0.3 is 0 Å². The molecule has 8 atom stereocenters. The molecule has 8 N–H and O–H groups in total. The zero-order valence-corrected chi connectivity index (χ0v) is 19.9. The highest BCUT2D eigenvalue weighted by Gasteiger charge is 2.47. The van der Waals surface area contributed by atoms with Crippen LogP contribution in [0.4, 0.5) is 0 Å². The fourth-order valence-corrected chi connectivity index (χ4v) is 4.42. The van der Waals surface area contributed by atoms with Crippen molar-refractivity contribution in [1.82, 2.24) is 0 Å². The first kappa shape index (κ1) is 29.7. The van der Waals surface area contributed by atoms with Crippen molar-refractivity contribution in [2.45, 2.75) is 146 Å². The van der Waals surface area contributed by atoms with Crippen LogP contribution in [0.25, 0.3) is 0 Å². The molecule has 1 saturated heterocycles. The van der Waals surface area contributed by atoms with Gasteiger partial charge in [0.2, 0.25) is 0 Å². The Hall–Kier alpha value is -0.320. The maximum atomic E-state index is 10.5. The van der Waals surface area contributed by atoms with Crippen LogP contribution in [0.1, 0.15) is 96.8 Å². The number of hydrogen-bond acceptors (Lipinski definition) is 8.